The number of hydrogen-bond acceptors (Lipinski definition) is 3. The molecule has 1 unspecified atom stereocenters. The van der Waals surface area contributed by atoms with Crippen LogP contribution in [0.1, 0.15) is 12.8 Å². The number of carbonyl (C=O) groups excluding carboxylic acids is 1. The molecule has 67 valence electrons. The van der Waals surface area contributed by atoms with Crippen molar-refractivity contribution < 1.29 is 14.7 Å². The maximum absolute atomic E-state index is 10.5. The van der Waals surface area contributed by atoms with E-state index in [-0.39, 0.29) is 0 Å². The molecular weight excluding hydrogens is 158 g/mol. The van der Waals surface area contributed by atoms with E-state index >= 15 is 0 Å². The highest BCUT2D eigenvalue weighted by Gasteiger charge is 2.25. The van der Waals surface area contributed by atoms with Gasteiger partial charge >= 0.3 is 5.97 Å². The maximum Gasteiger partial charge on any atom is 0.328 e. The third-order valence-corrected chi connectivity index (χ3v) is 2.02. The number of carboxylic acids is 1. The summed E-state index contributed by atoms with van der Waals surface area (Å²) in [6.07, 6.45) is 4.35. The van der Waals surface area contributed by atoms with Crippen LogP contribution < -0.4 is 0 Å². The first-order chi connectivity index (χ1) is 5.75. The van der Waals surface area contributed by atoms with Gasteiger partial charge in [-0.25, -0.2) is 0 Å². The Hall–Kier alpha value is -0.900. The zero-order chi connectivity index (χ0) is 8.97. The van der Waals surface area contributed by atoms with Gasteiger partial charge in [-0.1, -0.05) is 0 Å². The van der Waals surface area contributed by atoms with Crippen molar-refractivity contribution in [2.45, 2.75) is 18.9 Å². The Labute approximate surface area is 71.2 Å². The van der Waals surface area contributed by atoms with Crippen LogP contribution in [0.2, 0.25) is 0 Å². The van der Waals surface area contributed by atoms with Gasteiger partial charge in [-0.05, 0) is 32.4 Å². The van der Waals surface area contributed by atoms with Crippen molar-refractivity contribution in [3.8, 4) is 0 Å². The predicted molar refractivity (Wildman–Crippen MR) is 42.6 cm³/mol. The summed E-state index contributed by atoms with van der Waals surface area (Å²) in [7, 11) is 0. The number of carbonyl (C=O) groups is 2. The van der Waals surface area contributed by atoms with Gasteiger partial charge in [0, 0.05) is 0 Å². The lowest BCUT2D eigenvalue weighted by Gasteiger charge is -2.28. The molecule has 4 nitrogen and oxygen atoms in total. The summed E-state index contributed by atoms with van der Waals surface area (Å²) in [5.41, 5.74) is 0. The lowest BCUT2D eigenvalue weighted by atomic mass is 10.1. The number of carboxylic acid groups (broad SMARTS) is 1. The van der Waals surface area contributed by atoms with Crippen molar-refractivity contribution in [1.29, 1.82) is 0 Å². The molecule has 1 fully saturated rings. The topological polar surface area (TPSA) is 57.6 Å². The van der Waals surface area contributed by atoms with Gasteiger partial charge in [0.25, 0.3) is 0 Å². The summed E-state index contributed by atoms with van der Waals surface area (Å²) in [6.45, 7) is 1.35. The molecule has 1 atom stereocenters. The molecule has 0 aliphatic carbocycles. The smallest absolute Gasteiger partial charge is 0.328 e. The van der Waals surface area contributed by atoms with Crippen LogP contribution in [0.15, 0.2) is 0 Å². The van der Waals surface area contributed by atoms with E-state index in [2.05, 4.69) is 6.42 Å². The highest BCUT2D eigenvalue weighted by molar-refractivity contribution is 5.90. The van der Waals surface area contributed by atoms with Crippen LogP contribution in [0, 0.1) is 6.42 Å². The Morgan fingerprint density at radius 3 is 2.50 bits per heavy atom. The summed E-state index contributed by atoms with van der Waals surface area (Å²) >= 11 is 0. The van der Waals surface area contributed by atoms with Crippen LogP contribution >= 0.6 is 0 Å². The molecule has 4 heteroatoms. The first kappa shape index (κ1) is 9.19. The Bertz CT molecular complexity index is 175. The van der Waals surface area contributed by atoms with E-state index in [0.717, 1.165) is 12.8 Å². The summed E-state index contributed by atoms with van der Waals surface area (Å²) in [5.74, 6) is -1.05. The average molecular weight is 170 g/mol. The van der Waals surface area contributed by atoms with E-state index in [1.54, 1.807) is 4.90 Å². The van der Waals surface area contributed by atoms with Gasteiger partial charge in [-0.2, -0.15) is 0 Å². The van der Waals surface area contributed by atoms with E-state index in [1.807, 2.05) is 0 Å². The van der Waals surface area contributed by atoms with Crippen molar-refractivity contribution >= 4 is 12.3 Å². The van der Waals surface area contributed by atoms with Crippen LogP contribution in [-0.2, 0) is 9.59 Å². The van der Waals surface area contributed by atoms with Gasteiger partial charge in [0.2, 0.25) is 0 Å². The van der Waals surface area contributed by atoms with Crippen LogP contribution in [-0.4, -0.2) is 41.4 Å². The molecule has 1 aliphatic rings. The lowest BCUT2D eigenvalue weighted by molar-refractivity contribution is -0.145. The molecule has 0 aromatic rings. The van der Waals surface area contributed by atoms with Gasteiger partial charge in [-0.3, -0.25) is 9.69 Å². The van der Waals surface area contributed by atoms with Gasteiger partial charge in [0.15, 0.2) is 6.04 Å². The first-order valence-electron chi connectivity index (χ1n) is 3.99. The van der Waals surface area contributed by atoms with Crippen molar-refractivity contribution in [1.82, 2.24) is 4.90 Å². The molecule has 0 aromatic heterocycles. The number of piperidine rings is 1. The Kier molecular flexibility index (Phi) is 3.22. The SMILES string of the molecule is O=CC(C(=O)O)N1CC[CH]CC1. The lowest BCUT2D eigenvalue weighted by Crippen LogP contribution is -2.45. The van der Waals surface area contributed by atoms with Gasteiger partial charge in [0.1, 0.15) is 6.29 Å². The van der Waals surface area contributed by atoms with Crippen molar-refractivity contribution in [3.05, 3.63) is 6.42 Å². The summed E-state index contributed by atoms with van der Waals surface area (Å²) < 4.78 is 0. The molecule has 0 saturated carbocycles. The summed E-state index contributed by atoms with van der Waals surface area (Å²) in [6, 6.07) is -0.946. The summed E-state index contributed by atoms with van der Waals surface area (Å²) in [4.78, 5) is 22.6. The Morgan fingerprint density at radius 1 is 1.50 bits per heavy atom. The minimum absolute atomic E-state index is 0.494. The minimum Gasteiger partial charge on any atom is -0.480 e. The number of rotatable bonds is 3. The first-order valence-corrected chi connectivity index (χ1v) is 3.99. The summed E-state index contributed by atoms with van der Waals surface area (Å²) in [5, 5.41) is 8.64. The van der Waals surface area contributed by atoms with E-state index in [9.17, 15) is 9.59 Å². The zero-order valence-electron chi connectivity index (χ0n) is 6.77. The predicted octanol–water partition coefficient (Wildman–Crippen LogP) is -0.0614. The molecular formula is C8H12NO3. The minimum atomic E-state index is -1.05. The molecule has 0 aromatic carbocycles. The molecule has 0 bridgehead atoms. The van der Waals surface area contributed by atoms with E-state index < -0.39 is 12.0 Å². The maximum atomic E-state index is 10.5. The molecule has 0 spiro atoms. The van der Waals surface area contributed by atoms with E-state index in [1.165, 1.54) is 0 Å². The Morgan fingerprint density at radius 2 is 2.08 bits per heavy atom. The second-order valence-electron chi connectivity index (χ2n) is 2.82. The van der Waals surface area contributed by atoms with E-state index in [0.29, 0.717) is 19.4 Å². The third-order valence-electron chi connectivity index (χ3n) is 2.02. The second kappa shape index (κ2) is 4.21. The Balaban J connectivity index is 2.51. The third kappa shape index (κ3) is 2.04. The molecule has 1 aliphatic heterocycles. The second-order valence-corrected chi connectivity index (χ2v) is 2.82. The normalized spacial score (nSPS) is 21.7. The molecule has 1 radical (unpaired) electrons. The van der Waals surface area contributed by atoms with E-state index in [4.69, 9.17) is 5.11 Å². The van der Waals surface area contributed by atoms with Gasteiger partial charge in [-0.15, -0.1) is 0 Å². The zero-order valence-corrected chi connectivity index (χ0v) is 6.77. The molecule has 1 heterocycles. The fourth-order valence-electron chi connectivity index (χ4n) is 1.35. The van der Waals surface area contributed by atoms with Crippen LogP contribution in [0.5, 0.6) is 0 Å². The number of hydrogen-bond donors (Lipinski definition) is 1. The molecule has 1 rings (SSSR count). The molecule has 1 saturated heterocycles. The largest absolute Gasteiger partial charge is 0.480 e. The van der Waals surface area contributed by atoms with Crippen LogP contribution in [0.4, 0.5) is 0 Å². The average Bonchev–Trinajstić information content (AvgIpc) is 2.07. The van der Waals surface area contributed by atoms with Crippen LogP contribution in [0.3, 0.4) is 0 Å². The number of likely N-dealkylation sites (tertiary alicyclic amines) is 1. The number of aldehydes is 1. The molecule has 1 N–H and O–H groups in total. The number of nitrogens with zero attached hydrogens (tertiary/aromatic N) is 1. The number of aliphatic carboxylic acids is 1. The molecule has 12 heavy (non-hydrogen) atoms. The highest BCUT2D eigenvalue weighted by atomic mass is 16.4. The fourth-order valence-corrected chi connectivity index (χ4v) is 1.35. The highest BCUT2D eigenvalue weighted by Crippen LogP contribution is 2.10. The van der Waals surface area contributed by atoms with Crippen molar-refractivity contribution in [2.75, 3.05) is 13.1 Å². The van der Waals surface area contributed by atoms with Crippen LogP contribution in [0.25, 0.3) is 0 Å². The monoisotopic (exact) mass is 170 g/mol. The van der Waals surface area contributed by atoms with Crippen molar-refractivity contribution in [2.24, 2.45) is 0 Å². The fraction of sp³-hybridized carbons (Fsp3) is 0.625. The quantitative estimate of drug-likeness (QED) is 0.476. The van der Waals surface area contributed by atoms with Crippen molar-refractivity contribution in [3.63, 3.8) is 0 Å². The van der Waals surface area contributed by atoms with Gasteiger partial charge in [0.05, 0.1) is 0 Å². The molecule has 0 amide bonds. The van der Waals surface area contributed by atoms with Gasteiger partial charge < -0.3 is 9.90 Å². The standard InChI is InChI=1S/C8H12NO3/c10-6-7(8(11)12)9-4-2-1-3-5-9/h1,6-7H,2-5H2,(H,11,12).